The fourth-order valence-electron chi connectivity index (χ4n) is 2.25. The number of hydrogen-bond donors (Lipinski definition) is 2. The smallest absolute Gasteiger partial charge is 0.224 e. The number of rotatable bonds is 4. The summed E-state index contributed by atoms with van der Waals surface area (Å²) in [7, 11) is 0. The molecule has 0 spiro atoms. The first-order chi connectivity index (χ1) is 8.54. The van der Waals surface area contributed by atoms with E-state index >= 15 is 0 Å². The quantitative estimate of drug-likeness (QED) is 0.891. The van der Waals surface area contributed by atoms with Gasteiger partial charge in [0.2, 0.25) is 5.91 Å². The number of hydrogen-bond acceptors (Lipinski definition) is 2. The zero-order chi connectivity index (χ0) is 13.2. The van der Waals surface area contributed by atoms with Crippen LogP contribution < -0.4 is 11.1 Å². The average molecular weight is 287 g/mol. The van der Waals surface area contributed by atoms with Gasteiger partial charge in [-0.3, -0.25) is 4.79 Å². The number of benzene rings is 1. The number of carbonyl (C=O) groups excluding carboxylic acids is 1. The van der Waals surface area contributed by atoms with E-state index in [1.54, 1.807) is 18.2 Å². The molecular weight excluding hydrogens is 271 g/mol. The van der Waals surface area contributed by atoms with Crippen LogP contribution in [0.2, 0.25) is 10.0 Å². The van der Waals surface area contributed by atoms with Crippen molar-refractivity contribution in [1.82, 2.24) is 0 Å². The van der Waals surface area contributed by atoms with Gasteiger partial charge in [0, 0.05) is 12.1 Å². The predicted octanol–water partition coefficient (Wildman–Crippen LogP) is 3.45. The third-order valence-corrected chi connectivity index (χ3v) is 4.33. The van der Waals surface area contributed by atoms with E-state index in [0.717, 1.165) is 19.3 Å². The molecule has 18 heavy (non-hydrogen) atoms. The Balaban J connectivity index is 1.96. The van der Waals surface area contributed by atoms with Gasteiger partial charge in [0.15, 0.2) is 0 Å². The van der Waals surface area contributed by atoms with Crippen LogP contribution in [0.3, 0.4) is 0 Å². The molecule has 0 bridgehead atoms. The molecular formula is C13H16Cl2N2O. The van der Waals surface area contributed by atoms with Crippen molar-refractivity contribution in [1.29, 1.82) is 0 Å². The van der Waals surface area contributed by atoms with Crippen LogP contribution in [0.15, 0.2) is 18.2 Å². The van der Waals surface area contributed by atoms with Crippen LogP contribution in [0, 0.1) is 5.41 Å². The molecule has 1 aromatic carbocycles. The van der Waals surface area contributed by atoms with Gasteiger partial charge in [-0.1, -0.05) is 29.6 Å². The van der Waals surface area contributed by atoms with Crippen molar-refractivity contribution in [3.05, 3.63) is 28.2 Å². The zero-order valence-corrected chi connectivity index (χ0v) is 11.5. The van der Waals surface area contributed by atoms with Gasteiger partial charge in [-0.25, -0.2) is 0 Å². The normalized spacial score (nSPS) is 17.1. The minimum Gasteiger partial charge on any atom is -0.330 e. The van der Waals surface area contributed by atoms with Crippen LogP contribution in [0.5, 0.6) is 0 Å². The molecule has 1 aliphatic carbocycles. The fraction of sp³-hybridized carbons (Fsp3) is 0.462. The number of nitrogens with two attached hydrogens (primary N) is 1. The van der Waals surface area contributed by atoms with E-state index in [-0.39, 0.29) is 11.3 Å². The van der Waals surface area contributed by atoms with Gasteiger partial charge in [-0.05, 0) is 43.0 Å². The molecule has 1 saturated carbocycles. The Hall–Kier alpha value is -0.770. The van der Waals surface area contributed by atoms with Gasteiger partial charge in [0.05, 0.1) is 10.0 Å². The molecule has 5 heteroatoms. The Kier molecular flexibility index (Phi) is 4.15. The maximum absolute atomic E-state index is 11.9. The molecule has 0 aliphatic heterocycles. The van der Waals surface area contributed by atoms with Crippen LogP contribution in [-0.2, 0) is 4.79 Å². The second-order valence-electron chi connectivity index (χ2n) is 4.91. The lowest BCUT2D eigenvalue weighted by atomic mass is 9.66. The fourth-order valence-corrected chi connectivity index (χ4v) is 2.55. The highest BCUT2D eigenvalue weighted by molar-refractivity contribution is 6.42. The third kappa shape index (κ3) is 2.97. The number of nitrogens with one attached hydrogen (secondary N) is 1. The van der Waals surface area contributed by atoms with E-state index < -0.39 is 0 Å². The molecule has 98 valence electrons. The van der Waals surface area contributed by atoms with Gasteiger partial charge >= 0.3 is 0 Å². The van der Waals surface area contributed by atoms with Gasteiger partial charge < -0.3 is 11.1 Å². The summed E-state index contributed by atoms with van der Waals surface area (Å²) < 4.78 is 0. The molecule has 3 N–H and O–H groups in total. The first-order valence-electron chi connectivity index (χ1n) is 6.00. The molecule has 0 unspecified atom stereocenters. The Bertz CT molecular complexity index is 453. The number of carbonyl (C=O) groups is 1. The molecule has 1 aliphatic rings. The van der Waals surface area contributed by atoms with Gasteiger partial charge in [0.1, 0.15) is 0 Å². The van der Waals surface area contributed by atoms with E-state index in [4.69, 9.17) is 28.9 Å². The highest BCUT2D eigenvalue weighted by Crippen LogP contribution is 2.43. The van der Waals surface area contributed by atoms with Crippen LogP contribution in [-0.4, -0.2) is 12.5 Å². The molecule has 0 aromatic heterocycles. The Morgan fingerprint density at radius 3 is 2.56 bits per heavy atom. The topological polar surface area (TPSA) is 55.1 Å². The van der Waals surface area contributed by atoms with E-state index in [9.17, 15) is 4.79 Å². The monoisotopic (exact) mass is 286 g/mol. The predicted molar refractivity (Wildman–Crippen MR) is 75.0 cm³/mol. The van der Waals surface area contributed by atoms with Crippen molar-refractivity contribution in [3.8, 4) is 0 Å². The Morgan fingerprint density at radius 1 is 1.33 bits per heavy atom. The molecule has 2 rings (SSSR count). The van der Waals surface area contributed by atoms with Gasteiger partial charge in [-0.2, -0.15) is 0 Å². The molecule has 0 radical (unpaired) electrons. The van der Waals surface area contributed by atoms with E-state index in [2.05, 4.69) is 5.32 Å². The standard InChI is InChI=1S/C13H16Cl2N2O/c14-10-3-2-9(6-11(10)15)17-12(18)7-13(8-16)4-1-5-13/h2-3,6H,1,4-5,7-8,16H2,(H,17,18). The van der Waals surface area contributed by atoms with E-state index in [0.29, 0.717) is 28.7 Å². The molecule has 0 saturated heterocycles. The van der Waals surface area contributed by atoms with Gasteiger partial charge in [0.25, 0.3) is 0 Å². The van der Waals surface area contributed by atoms with Crippen molar-refractivity contribution in [2.24, 2.45) is 11.1 Å². The Labute approximate surface area is 117 Å². The van der Waals surface area contributed by atoms with Crippen molar-refractivity contribution >= 4 is 34.8 Å². The van der Waals surface area contributed by atoms with E-state index in [1.165, 1.54) is 0 Å². The lowest BCUT2D eigenvalue weighted by Crippen LogP contribution is -2.40. The minimum absolute atomic E-state index is 0.0142. The maximum Gasteiger partial charge on any atom is 0.224 e. The third-order valence-electron chi connectivity index (χ3n) is 3.59. The van der Waals surface area contributed by atoms with Gasteiger partial charge in [-0.15, -0.1) is 0 Å². The summed E-state index contributed by atoms with van der Waals surface area (Å²) in [6.45, 7) is 0.571. The summed E-state index contributed by atoms with van der Waals surface area (Å²) in [5.74, 6) is -0.0152. The lowest BCUT2D eigenvalue weighted by Gasteiger charge is -2.40. The molecule has 0 heterocycles. The number of amides is 1. The second kappa shape index (κ2) is 5.47. The minimum atomic E-state index is -0.0152. The summed E-state index contributed by atoms with van der Waals surface area (Å²) in [4.78, 5) is 11.9. The largest absolute Gasteiger partial charge is 0.330 e. The van der Waals surface area contributed by atoms with Crippen LogP contribution in [0.4, 0.5) is 5.69 Å². The highest BCUT2D eigenvalue weighted by Gasteiger charge is 2.37. The van der Waals surface area contributed by atoms with Crippen molar-refractivity contribution in [2.45, 2.75) is 25.7 Å². The average Bonchev–Trinajstić information content (AvgIpc) is 2.29. The number of halogens is 2. The van der Waals surface area contributed by atoms with E-state index in [1.807, 2.05) is 0 Å². The zero-order valence-electron chi connectivity index (χ0n) is 10.0. The maximum atomic E-state index is 11.9. The lowest BCUT2D eigenvalue weighted by molar-refractivity contribution is -0.119. The Morgan fingerprint density at radius 2 is 2.06 bits per heavy atom. The van der Waals surface area contributed by atoms with Crippen LogP contribution in [0.25, 0.3) is 0 Å². The highest BCUT2D eigenvalue weighted by atomic mass is 35.5. The summed E-state index contributed by atoms with van der Waals surface area (Å²) in [6, 6.07) is 5.06. The van der Waals surface area contributed by atoms with Crippen LogP contribution in [0.1, 0.15) is 25.7 Å². The summed E-state index contributed by atoms with van der Waals surface area (Å²) in [5.41, 5.74) is 6.42. The van der Waals surface area contributed by atoms with Crippen molar-refractivity contribution in [3.63, 3.8) is 0 Å². The summed E-state index contributed by atoms with van der Waals surface area (Å²) in [5, 5.41) is 3.75. The molecule has 1 amide bonds. The van der Waals surface area contributed by atoms with Crippen molar-refractivity contribution in [2.75, 3.05) is 11.9 Å². The summed E-state index contributed by atoms with van der Waals surface area (Å²) in [6.07, 6.45) is 3.72. The van der Waals surface area contributed by atoms with Crippen molar-refractivity contribution < 1.29 is 4.79 Å². The van der Waals surface area contributed by atoms with Crippen LogP contribution >= 0.6 is 23.2 Å². The molecule has 3 nitrogen and oxygen atoms in total. The summed E-state index contributed by atoms with van der Waals surface area (Å²) >= 11 is 11.7. The molecule has 0 atom stereocenters. The molecule has 1 fully saturated rings. The SMILES string of the molecule is NCC1(CC(=O)Nc2ccc(Cl)c(Cl)c2)CCC1. The first-order valence-corrected chi connectivity index (χ1v) is 6.75. The number of anilines is 1. The first kappa shape index (κ1) is 13.7. The molecule has 1 aromatic rings. The second-order valence-corrected chi connectivity index (χ2v) is 5.73.